The van der Waals surface area contributed by atoms with Gasteiger partial charge in [-0.15, -0.1) is 11.6 Å². The zero-order valence-electron chi connectivity index (χ0n) is 10.7. The van der Waals surface area contributed by atoms with Gasteiger partial charge in [-0.1, -0.05) is 23.2 Å². The molecule has 0 fully saturated rings. The summed E-state index contributed by atoms with van der Waals surface area (Å²) in [5.41, 5.74) is 1.51. The second-order valence-electron chi connectivity index (χ2n) is 4.55. The van der Waals surface area contributed by atoms with E-state index in [0.717, 1.165) is 5.52 Å². The number of aryl methyl sites for hydroxylation is 1. The zero-order valence-corrected chi connectivity index (χ0v) is 13.8. The van der Waals surface area contributed by atoms with Crippen LogP contribution in [0, 0.1) is 0 Å². The maximum Gasteiger partial charge on any atom is 0.147 e. The van der Waals surface area contributed by atoms with E-state index in [0.29, 0.717) is 34.4 Å². The summed E-state index contributed by atoms with van der Waals surface area (Å²) in [4.78, 5) is 4.39. The average molecular weight is 356 g/mol. The second-order valence-corrected chi connectivity index (χ2v) is 7.89. The second kappa shape index (κ2) is 6.10. The third-order valence-electron chi connectivity index (χ3n) is 2.89. The molecule has 0 spiro atoms. The predicted molar refractivity (Wildman–Crippen MR) is 83.6 cm³/mol. The Morgan fingerprint density at radius 2 is 1.90 bits per heavy atom. The summed E-state index contributed by atoms with van der Waals surface area (Å²) < 4.78 is 24.3. The number of hydrogen-bond acceptors (Lipinski definition) is 3. The number of rotatable bonds is 5. The Kier molecular flexibility index (Phi) is 4.84. The molecule has 2 rings (SSSR count). The molecule has 1 heterocycles. The van der Waals surface area contributed by atoms with Gasteiger partial charge >= 0.3 is 0 Å². The van der Waals surface area contributed by atoms with Gasteiger partial charge in [0.2, 0.25) is 0 Å². The van der Waals surface area contributed by atoms with Gasteiger partial charge in [0.25, 0.3) is 0 Å². The molecule has 0 aliphatic carbocycles. The van der Waals surface area contributed by atoms with Crippen molar-refractivity contribution in [3.05, 3.63) is 28.0 Å². The van der Waals surface area contributed by atoms with Crippen molar-refractivity contribution in [3.8, 4) is 0 Å². The molecule has 0 amide bonds. The Bertz CT molecular complexity index is 741. The molecule has 0 saturated heterocycles. The van der Waals surface area contributed by atoms with Crippen LogP contribution < -0.4 is 0 Å². The van der Waals surface area contributed by atoms with E-state index in [-0.39, 0.29) is 11.6 Å². The van der Waals surface area contributed by atoms with Gasteiger partial charge in [0.1, 0.15) is 15.7 Å². The summed E-state index contributed by atoms with van der Waals surface area (Å²) in [5, 5.41) is 0.866. The van der Waals surface area contributed by atoms with E-state index in [2.05, 4.69) is 4.98 Å². The first-order valence-electron chi connectivity index (χ1n) is 5.89. The Balaban J connectivity index is 2.37. The third kappa shape index (κ3) is 3.58. The van der Waals surface area contributed by atoms with E-state index >= 15 is 0 Å². The van der Waals surface area contributed by atoms with Crippen molar-refractivity contribution in [3.63, 3.8) is 0 Å². The van der Waals surface area contributed by atoms with Crippen LogP contribution in [0.15, 0.2) is 12.1 Å². The van der Waals surface area contributed by atoms with Gasteiger partial charge in [0, 0.05) is 12.8 Å². The van der Waals surface area contributed by atoms with Gasteiger partial charge in [0.05, 0.1) is 32.7 Å². The molecule has 0 aliphatic rings. The Morgan fingerprint density at radius 3 is 2.50 bits per heavy atom. The largest absolute Gasteiger partial charge is 0.327 e. The fourth-order valence-electron chi connectivity index (χ4n) is 2.01. The number of nitrogens with zero attached hydrogens (tertiary/aromatic N) is 2. The lowest BCUT2D eigenvalue weighted by Gasteiger charge is -2.07. The summed E-state index contributed by atoms with van der Waals surface area (Å²) in [6, 6.07) is 3.41. The van der Waals surface area contributed by atoms with Gasteiger partial charge in [-0.2, -0.15) is 0 Å². The zero-order chi connectivity index (χ0) is 14.9. The van der Waals surface area contributed by atoms with Crippen LogP contribution in [0.5, 0.6) is 0 Å². The minimum Gasteiger partial charge on any atom is -0.327 e. The average Bonchev–Trinajstić information content (AvgIpc) is 2.66. The highest BCUT2D eigenvalue weighted by atomic mass is 35.5. The van der Waals surface area contributed by atoms with Crippen molar-refractivity contribution < 1.29 is 8.42 Å². The van der Waals surface area contributed by atoms with Crippen molar-refractivity contribution in [2.45, 2.75) is 18.8 Å². The molecule has 20 heavy (non-hydrogen) atoms. The fraction of sp³-hybridized carbons (Fsp3) is 0.417. The first-order valence-corrected chi connectivity index (χ1v) is 9.25. The molecule has 0 radical (unpaired) electrons. The van der Waals surface area contributed by atoms with E-state index in [9.17, 15) is 8.42 Å². The molecule has 8 heteroatoms. The van der Waals surface area contributed by atoms with E-state index < -0.39 is 9.84 Å². The van der Waals surface area contributed by atoms with Gasteiger partial charge in [-0.3, -0.25) is 0 Å². The van der Waals surface area contributed by atoms with Crippen LogP contribution in [0.3, 0.4) is 0 Å². The number of halogens is 3. The Morgan fingerprint density at radius 1 is 1.25 bits per heavy atom. The molecule has 1 aromatic heterocycles. The molecule has 1 aromatic carbocycles. The summed E-state index contributed by atoms with van der Waals surface area (Å²) >= 11 is 17.9. The minimum atomic E-state index is -2.98. The molecule has 0 atom stereocenters. The highest BCUT2D eigenvalue weighted by Crippen LogP contribution is 2.28. The number of sulfone groups is 1. The van der Waals surface area contributed by atoms with E-state index in [1.807, 2.05) is 4.57 Å². The van der Waals surface area contributed by atoms with E-state index in [4.69, 9.17) is 34.8 Å². The number of imidazole rings is 1. The van der Waals surface area contributed by atoms with Gasteiger partial charge in [0.15, 0.2) is 0 Å². The molecule has 4 nitrogen and oxygen atoms in total. The lowest BCUT2D eigenvalue weighted by atomic mass is 10.3. The monoisotopic (exact) mass is 354 g/mol. The van der Waals surface area contributed by atoms with Crippen LogP contribution in [-0.4, -0.2) is 30.0 Å². The molecule has 0 bridgehead atoms. The van der Waals surface area contributed by atoms with Crippen LogP contribution in [0.4, 0.5) is 0 Å². The van der Waals surface area contributed by atoms with Crippen molar-refractivity contribution >= 4 is 55.7 Å². The van der Waals surface area contributed by atoms with Crippen molar-refractivity contribution in [2.24, 2.45) is 0 Å². The molecule has 0 unspecified atom stereocenters. The van der Waals surface area contributed by atoms with Crippen molar-refractivity contribution in [2.75, 3.05) is 12.0 Å². The quantitative estimate of drug-likeness (QED) is 0.771. The maximum atomic E-state index is 11.2. The molecule has 0 saturated carbocycles. The van der Waals surface area contributed by atoms with Crippen LogP contribution >= 0.6 is 34.8 Å². The highest BCUT2D eigenvalue weighted by Gasteiger charge is 2.13. The molecule has 0 aliphatic heterocycles. The van der Waals surface area contributed by atoms with Gasteiger partial charge in [-0.05, 0) is 18.6 Å². The van der Waals surface area contributed by atoms with Crippen LogP contribution in [0.1, 0.15) is 12.2 Å². The number of benzene rings is 1. The number of aromatic nitrogens is 2. The van der Waals surface area contributed by atoms with Crippen LogP contribution in [-0.2, 0) is 22.3 Å². The standard InChI is InChI=1S/C12H13Cl3N2O2S/c1-20(18,19)4-2-3-17-11-6-9(15)8(14)5-10(11)16-12(17)7-13/h5-6H,2-4,7H2,1H3. The number of hydrogen-bond donors (Lipinski definition) is 0. The maximum absolute atomic E-state index is 11.2. The Labute approximate surface area is 132 Å². The van der Waals surface area contributed by atoms with Gasteiger partial charge < -0.3 is 4.57 Å². The smallest absolute Gasteiger partial charge is 0.147 e. The summed E-state index contributed by atoms with van der Waals surface area (Å²) in [6.07, 6.45) is 1.71. The van der Waals surface area contributed by atoms with Gasteiger partial charge in [-0.25, -0.2) is 13.4 Å². The van der Waals surface area contributed by atoms with Crippen LogP contribution in [0.2, 0.25) is 10.0 Å². The molecule has 110 valence electrons. The first-order chi connectivity index (χ1) is 9.31. The topological polar surface area (TPSA) is 52.0 Å². The molecule has 2 aromatic rings. The lowest BCUT2D eigenvalue weighted by molar-refractivity contribution is 0.591. The molecular weight excluding hydrogens is 343 g/mol. The summed E-state index contributed by atoms with van der Waals surface area (Å²) in [7, 11) is -2.98. The van der Waals surface area contributed by atoms with E-state index in [1.165, 1.54) is 6.26 Å². The minimum absolute atomic E-state index is 0.121. The molecular formula is C12H13Cl3N2O2S. The fourth-order valence-corrected chi connectivity index (χ4v) is 3.18. The third-order valence-corrected chi connectivity index (χ3v) is 4.88. The Hall–Kier alpha value is -0.490. The van der Waals surface area contributed by atoms with Crippen molar-refractivity contribution in [1.82, 2.24) is 9.55 Å². The van der Waals surface area contributed by atoms with Crippen LogP contribution in [0.25, 0.3) is 11.0 Å². The number of alkyl halides is 1. The summed E-state index contributed by atoms with van der Waals surface area (Å²) in [6.45, 7) is 0.517. The summed E-state index contributed by atoms with van der Waals surface area (Å²) in [5.74, 6) is 1.03. The first kappa shape index (κ1) is 15.9. The highest BCUT2D eigenvalue weighted by molar-refractivity contribution is 7.90. The number of fused-ring (bicyclic) bond motifs is 1. The lowest BCUT2D eigenvalue weighted by Crippen LogP contribution is -2.09. The SMILES string of the molecule is CS(=O)(=O)CCCn1c(CCl)nc2cc(Cl)c(Cl)cc21. The van der Waals surface area contributed by atoms with E-state index in [1.54, 1.807) is 12.1 Å². The predicted octanol–water partition coefficient (Wildman–Crippen LogP) is 3.52. The molecule has 0 N–H and O–H groups in total. The normalized spacial score (nSPS) is 12.2. The van der Waals surface area contributed by atoms with Crippen molar-refractivity contribution in [1.29, 1.82) is 0 Å².